The second kappa shape index (κ2) is 9.63. The first-order valence-electron chi connectivity index (χ1n) is 10.3. The monoisotopic (exact) mass is 439 g/mol. The molecule has 0 atom stereocenters. The van der Waals surface area contributed by atoms with Gasteiger partial charge in [0.25, 0.3) is 5.91 Å². The van der Waals surface area contributed by atoms with Crippen molar-refractivity contribution in [3.8, 4) is 28.8 Å². The van der Waals surface area contributed by atoms with Crippen molar-refractivity contribution in [3.05, 3.63) is 42.2 Å². The Bertz CT molecular complexity index is 1040. The fourth-order valence-electron chi connectivity index (χ4n) is 3.83. The van der Waals surface area contributed by atoms with Gasteiger partial charge in [-0.15, -0.1) is 0 Å². The van der Waals surface area contributed by atoms with Crippen LogP contribution in [0, 0.1) is 5.92 Å². The normalized spacial score (nSPS) is 14.3. The molecule has 0 unspecified atom stereocenters. The van der Waals surface area contributed by atoms with Crippen LogP contribution in [-0.2, 0) is 6.42 Å². The van der Waals surface area contributed by atoms with Crippen molar-refractivity contribution < 1.29 is 23.5 Å². The highest BCUT2D eigenvalue weighted by atomic mass is 16.5. The molecule has 168 valence electrons. The highest BCUT2D eigenvalue weighted by molar-refractivity contribution is 5.95. The van der Waals surface area contributed by atoms with Gasteiger partial charge in [0.05, 0.1) is 27.5 Å². The smallest absolute Gasteiger partial charge is 0.254 e. The van der Waals surface area contributed by atoms with Crippen molar-refractivity contribution >= 4 is 5.91 Å². The van der Waals surface area contributed by atoms with Gasteiger partial charge >= 0.3 is 0 Å². The van der Waals surface area contributed by atoms with E-state index in [0.29, 0.717) is 65.6 Å². The molecule has 2 aromatic heterocycles. The van der Waals surface area contributed by atoms with Crippen molar-refractivity contribution in [2.75, 3.05) is 34.4 Å². The first kappa shape index (κ1) is 21.5. The number of methoxy groups -OCH3 is 3. The molecule has 0 radical (unpaired) electrons. The van der Waals surface area contributed by atoms with Crippen LogP contribution in [0.2, 0.25) is 0 Å². The molecule has 3 aromatic rings. The second-order valence-electron chi connectivity index (χ2n) is 7.46. The number of ether oxygens (including phenoxy) is 3. The molecule has 0 N–H and O–H groups in total. The number of benzene rings is 1. The Labute approximate surface area is 185 Å². The Morgan fingerprint density at radius 3 is 2.41 bits per heavy atom. The Hall–Kier alpha value is -3.69. The van der Waals surface area contributed by atoms with Crippen LogP contribution in [0.3, 0.4) is 0 Å². The van der Waals surface area contributed by atoms with Gasteiger partial charge in [-0.3, -0.25) is 9.78 Å². The number of carbonyl (C=O) groups excluding carboxylic acids is 1. The lowest BCUT2D eigenvalue weighted by molar-refractivity contribution is 0.0686. The van der Waals surface area contributed by atoms with Crippen LogP contribution in [0.15, 0.2) is 35.2 Å². The van der Waals surface area contributed by atoms with Crippen molar-refractivity contribution in [1.29, 1.82) is 0 Å². The highest BCUT2D eigenvalue weighted by Gasteiger charge is 2.27. The molecule has 1 aliphatic heterocycles. The van der Waals surface area contributed by atoms with Gasteiger partial charge in [-0.25, -0.2) is 4.98 Å². The van der Waals surface area contributed by atoms with Crippen molar-refractivity contribution in [3.63, 3.8) is 0 Å². The Morgan fingerprint density at radius 2 is 1.81 bits per heavy atom. The number of piperidine rings is 1. The number of nitrogens with zero attached hydrogens (tertiary/aromatic N) is 5. The van der Waals surface area contributed by atoms with E-state index in [0.717, 1.165) is 12.8 Å². The van der Waals surface area contributed by atoms with E-state index < -0.39 is 0 Å². The molecule has 3 heterocycles. The standard InChI is InChI=1S/C22H25N5O5/c1-29-17-11-15(12-18(30-2)20(17)31-3)22(28)27-8-4-14(5-9-27)10-19-25-21(26-32-19)16-13-23-6-7-24-16/h6-7,11-14H,4-5,8-10H2,1-3H3. The molecule has 1 aliphatic rings. The maximum Gasteiger partial charge on any atom is 0.254 e. The third-order valence-corrected chi connectivity index (χ3v) is 5.54. The minimum absolute atomic E-state index is 0.0644. The molecule has 32 heavy (non-hydrogen) atoms. The number of amides is 1. The Kier molecular flexibility index (Phi) is 6.48. The average Bonchev–Trinajstić information content (AvgIpc) is 3.32. The molecule has 0 aliphatic carbocycles. The van der Waals surface area contributed by atoms with E-state index in [4.69, 9.17) is 18.7 Å². The quantitative estimate of drug-likeness (QED) is 0.548. The summed E-state index contributed by atoms with van der Waals surface area (Å²) in [6.07, 6.45) is 7.14. The van der Waals surface area contributed by atoms with Gasteiger partial charge in [0, 0.05) is 37.5 Å². The number of aromatic nitrogens is 4. The van der Waals surface area contributed by atoms with Gasteiger partial charge in [0.2, 0.25) is 17.5 Å². The molecule has 1 amide bonds. The summed E-state index contributed by atoms with van der Waals surface area (Å²) in [4.78, 5) is 27.6. The van der Waals surface area contributed by atoms with Crippen LogP contribution < -0.4 is 14.2 Å². The van der Waals surface area contributed by atoms with Crippen LogP contribution in [0.1, 0.15) is 29.1 Å². The van der Waals surface area contributed by atoms with E-state index in [1.165, 1.54) is 21.3 Å². The molecule has 0 saturated carbocycles. The topological polar surface area (TPSA) is 113 Å². The van der Waals surface area contributed by atoms with E-state index in [-0.39, 0.29) is 5.91 Å². The lowest BCUT2D eigenvalue weighted by Crippen LogP contribution is -2.39. The summed E-state index contributed by atoms with van der Waals surface area (Å²) in [5, 5.41) is 3.99. The second-order valence-corrected chi connectivity index (χ2v) is 7.46. The molecule has 1 aromatic carbocycles. The Morgan fingerprint density at radius 1 is 1.09 bits per heavy atom. The molecule has 10 heteroatoms. The number of hydrogen-bond acceptors (Lipinski definition) is 9. The summed E-state index contributed by atoms with van der Waals surface area (Å²) < 4.78 is 21.5. The SMILES string of the molecule is COc1cc(C(=O)N2CCC(Cc3nc(-c4cnccn4)no3)CC2)cc(OC)c1OC. The van der Waals surface area contributed by atoms with Gasteiger partial charge in [-0.05, 0) is 30.9 Å². The van der Waals surface area contributed by atoms with Gasteiger partial charge in [0.15, 0.2) is 11.5 Å². The minimum Gasteiger partial charge on any atom is -0.493 e. The van der Waals surface area contributed by atoms with Crippen LogP contribution in [0.4, 0.5) is 0 Å². The lowest BCUT2D eigenvalue weighted by Gasteiger charge is -2.31. The van der Waals surface area contributed by atoms with Gasteiger partial charge in [-0.2, -0.15) is 4.98 Å². The summed E-state index contributed by atoms with van der Waals surface area (Å²) >= 11 is 0. The minimum atomic E-state index is -0.0644. The summed E-state index contributed by atoms with van der Waals surface area (Å²) in [5.41, 5.74) is 1.08. The van der Waals surface area contributed by atoms with E-state index in [1.54, 1.807) is 30.7 Å². The third-order valence-electron chi connectivity index (χ3n) is 5.54. The molecular formula is C22H25N5O5. The summed E-state index contributed by atoms with van der Waals surface area (Å²) in [7, 11) is 4.60. The average molecular weight is 439 g/mol. The molecule has 1 fully saturated rings. The molecule has 0 spiro atoms. The van der Waals surface area contributed by atoms with Crippen molar-refractivity contribution in [1.82, 2.24) is 25.0 Å². The van der Waals surface area contributed by atoms with E-state index in [2.05, 4.69) is 20.1 Å². The van der Waals surface area contributed by atoms with E-state index >= 15 is 0 Å². The maximum absolute atomic E-state index is 13.1. The zero-order chi connectivity index (χ0) is 22.5. The molecule has 1 saturated heterocycles. The molecule has 10 nitrogen and oxygen atoms in total. The Balaban J connectivity index is 1.38. The molecule has 4 rings (SSSR count). The first-order chi connectivity index (χ1) is 15.6. The summed E-state index contributed by atoms with van der Waals surface area (Å²) in [6.45, 7) is 1.29. The van der Waals surface area contributed by atoms with E-state index in [9.17, 15) is 4.79 Å². The van der Waals surface area contributed by atoms with E-state index in [1.807, 2.05) is 4.90 Å². The van der Waals surface area contributed by atoms with Gasteiger partial charge in [-0.1, -0.05) is 5.16 Å². The molecular weight excluding hydrogens is 414 g/mol. The zero-order valence-corrected chi connectivity index (χ0v) is 18.3. The predicted octanol–water partition coefficient (Wildman–Crippen LogP) is 2.65. The largest absolute Gasteiger partial charge is 0.493 e. The van der Waals surface area contributed by atoms with Crippen LogP contribution >= 0.6 is 0 Å². The predicted molar refractivity (Wildman–Crippen MR) is 114 cm³/mol. The first-order valence-corrected chi connectivity index (χ1v) is 10.3. The van der Waals surface area contributed by atoms with Gasteiger partial charge < -0.3 is 23.6 Å². The van der Waals surface area contributed by atoms with Crippen molar-refractivity contribution in [2.45, 2.75) is 19.3 Å². The number of rotatable bonds is 7. The van der Waals surface area contributed by atoms with Crippen LogP contribution in [-0.4, -0.2) is 65.3 Å². The number of hydrogen-bond donors (Lipinski definition) is 0. The van der Waals surface area contributed by atoms with Crippen LogP contribution in [0.25, 0.3) is 11.5 Å². The maximum atomic E-state index is 13.1. The lowest BCUT2D eigenvalue weighted by atomic mass is 9.93. The van der Waals surface area contributed by atoms with Crippen molar-refractivity contribution in [2.24, 2.45) is 5.92 Å². The highest BCUT2D eigenvalue weighted by Crippen LogP contribution is 2.38. The summed E-state index contributed by atoms with van der Waals surface area (Å²) in [6, 6.07) is 3.37. The fourth-order valence-corrected chi connectivity index (χ4v) is 3.83. The number of carbonyl (C=O) groups is 1. The fraction of sp³-hybridized carbons (Fsp3) is 0.409. The van der Waals surface area contributed by atoms with Gasteiger partial charge in [0.1, 0.15) is 5.69 Å². The third kappa shape index (κ3) is 4.48. The zero-order valence-electron chi connectivity index (χ0n) is 18.3. The number of likely N-dealkylation sites (tertiary alicyclic amines) is 1. The van der Waals surface area contributed by atoms with Crippen LogP contribution in [0.5, 0.6) is 17.2 Å². The molecule has 0 bridgehead atoms. The summed E-state index contributed by atoms with van der Waals surface area (Å²) in [5.74, 6) is 2.68.